The minimum absolute atomic E-state index is 0.226. The van der Waals surface area contributed by atoms with E-state index in [0.717, 1.165) is 64.9 Å². The SMILES string of the molecule is CCNC(=NCC1CN(C)CCN1C)N1CCN(Cc2c(F)cccc2Cl)CC1. The lowest BCUT2D eigenvalue weighted by molar-refractivity contribution is 0.119. The number of hydrogen-bond acceptors (Lipinski definition) is 4. The van der Waals surface area contributed by atoms with Gasteiger partial charge in [-0.25, -0.2) is 4.39 Å². The Morgan fingerprint density at radius 1 is 1.17 bits per heavy atom. The van der Waals surface area contributed by atoms with Gasteiger partial charge in [0, 0.05) is 75.5 Å². The highest BCUT2D eigenvalue weighted by Crippen LogP contribution is 2.21. The number of hydrogen-bond donors (Lipinski definition) is 1. The molecule has 0 amide bonds. The summed E-state index contributed by atoms with van der Waals surface area (Å²) in [6, 6.07) is 5.34. The fourth-order valence-corrected chi connectivity index (χ4v) is 4.16. The molecule has 2 heterocycles. The lowest BCUT2D eigenvalue weighted by atomic mass is 10.2. The molecule has 3 rings (SSSR count). The molecule has 2 saturated heterocycles. The van der Waals surface area contributed by atoms with Gasteiger partial charge in [-0.2, -0.15) is 0 Å². The van der Waals surface area contributed by atoms with Gasteiger partial charge in [-0.3, -0.25) is 14.8 Å². The van der Waals surface area contributed by atoms with Crippen LogP contribution in [0.5, 0.6) is 0 Å². The van der Waals surface area contributed by atoms with Gasteiger partial charge in [-0.15, -0.1) is 0 Å². The maximum atomic E-state index is 14.1. The van der Waals surface area contributed by atoms with Gasteiger partial charge in [0.2, 0.25) is 0 Å². The molecule has 0 spiro atoms. The summed E-state index contributed by atoms with van der Waals surface area (Å²) in [6.07, 6.45) is 0. The zero-order valence-corrected chi connectivity index (χ0v) is 18.6. The van der Waals surface area contributed by atoms with E-state index in [1.807, 2.05) is 0 Å². The summed E-state index contributed by atoms with van der Waals surface area (Å²) < 4.78 is 14.1. The van der Waals surface area contributed by atoms with Crippen molar-refractivity contribution in [1.82, 2.24) is 24.9 Å². The van der Waals surface area contributed by atoms with Gasteiger partial charge in [-0.1, -0.05) is 17.7 Å². The third kappa shape index (κ3) is 6.04. The van der Waals surface area contributed by atoms with Crippen LogP contribution in [-0.2, 0) is 6.54 Å². The molecule has 1 atom stereocenters. The van der Waals surface area contributed by atoms with Crippen LogP contribution in [0.2, 0.25) is 5.02 Å². The Balaban J connectivity index is 1.56. The van der Waals surface area contributed by atoms with E-state index in [-0.39, 0.29) is 5.82 Å². The molecular weight excluding hydrogens is 391 g/mol. The van der Waals surface area contributed by atoms with Crippen LogP contribution in [0.1, 0.15) is 12.5 Å². The van der Waals surface area contributed by atoms with Crippen LogP contribution in [0.15, 0.2) is 23.2 Å². The van der Waals surface area contributed by atoms with Gasteiger partial charge in [0.05, 0.1) is 6.54 Å². The normalized spacial score (nSPS) is 22.9. The van der Waals surface area contributed by atoms with Crippen LogP contribution in [0.4, 0.5) is 4.39 Å². The summed E-state index contributed by atoms with van der Waals surface area (Å²) in [5.74, 6) is 0.758. The maximum Gasteiger partial charge on any atom is 0.194 e. The lowest BCUT2D eigenvalue weighted by Gasteiger charge is -2.38. The molecule has 29 heavy (non-hydrogen) atoms. The number of likely N-dealkylation sites (N-methyl/N-ethyl adjacent to an activating group) is 2. The Hall–Kier alpha value is -1.41. The number of guanidine groups is 1. The van der Waals surface area contributed by atoms with Gasteiger partial charge in [0.25, 0.3) is 0 Å². The Labute approximate surface area is 179 Å². The van der Waals surface area contributed by atoms with Gasteiger partial charge in [0.15, 0.2) is 5.96 Å². The first-order valence-corrected chi connectivity index (χ1v) is 10.9. The average Bonchev–Trinajstić information content (AvgIpc) is 2.71. The number of piperazine rings is 2. The van der Waals surface area contributed by atoms with Crippen molar-refractivity contribution < 1.29 is 4.39 Å². The van der Waals surface area contributed by atoms with Crippen molar-refractivity contribution in [2.24, 2.45) is 4.99 Å². The molecule has 1 aromatic carbocycles. The number of rotatable bonds is 5. The molecule has 2 aliphatic rings. The van der Waals surface area contributed by atoms with Crippen molar-refractivity contribution in [3.05, 3.63) is 34.6 Å². The number of benzene rings is 1. The van der Waals surface area contributed by atoms with Crippen LogP contribution in [-0.4, -0.2) is 105 Å². The molecule has 2 fully saturated rings. The van der Waals surface area contributed by atoms with Crippen LogP contribution < -0.4 is 5.32 Å². The quantitative estimate of drug-likeness (QED) is 0.576. The first-order valence-electron chi connectivity index (χ1n) is 10.5. The lowest BCUT2D eigenvalue weighted by Crippen LogP contribution is -2.54. The van der Waals surface area contributed by atoms with Gasteiger partial charge in [-0.05, 0) is 33.2 Å². The van der Waals surface area contributed by atoms with E-state index in [1.165, 1.54) is 6.07 Å². The number of halogens is 2. The minimum atomic E-state index is -0.226. The molecule has 162 valence electrons. The van der Waals surface area contributed by atoms with Crippen LogP contribution in [0.25, 0.3) is 0 Å². The molecule has 1 N–H and O–H groups in total. The van der Waals surface area contributed by atoms with Gasteiger partial charge >= 0.3 is 0 Å². The monoisotopic (exact) mass is 424 g/mol. The van der Waals surface area contributed by atoms with E-state index in [0.29, 0.717) is 23.2 Å². The second-order valence-corrected chi connectivity index (χ2v) is 8.46. The van der Waals surface area contributed by atoms with Crippen molar-refractivity contribution in [3.63, 3.8) is 0 Å². The highest BCUT2D eigenvalue weighted by Gasteiger charge is 2.24. The largest absolute Gasteiger partial charge is 0.357 e. The molecular formula is C21H34ClFN6. The van der Waals surface area contributed by atoms with Crippen molar-refractivity contribution in [1.29, 1.82) is 0 Å². The molecule has 1 aromatic rings. The van der Waals surface area contributed by atoms with Gasteiger partial charge < -0.3 is 15.1 Å². The Kier molecular flexibility index (Phi) is 8.12. The molecule has 1 unspecified atom stereocenters. The predicted molar refractivity (Wildman–Crippen MR) is 118 cm³/mol. The van der Waals surface area contributed by atoms with E-state index < -0.39 is 0 Å². The molecule has 0 saturated carbocycles. The van der Waals surface area contributed by atoms with E-state index in [4.69, 9.17) is 16.6 Å². The van der Waals surface area contributed by atoms with E-state index in [2.05, 4.69) is 45.9 Å². The van der Waals surface area contributed by atoms with Crippen molar-refractivity contribution in [3.8, 4) is 0 Å². The second-order valence-electron chi connectivity index (χ2n) is 8.05. The highest BCUT2D eigenvalue weighted by atomic mass is 35.5. The fraction of sp³-hybridized carbons (Fsp3) is 0.667. The third-order valence-corrected chi connectivity index (χ3v) is 6.24. The molecule has 6 nitrogen and oxygen atoms in total. The number of nitrogens with zero attached hydrogens (tertiary/aromatic N) is 5. The summed E-state index contributed by atoms with van der Waals surface area (Å²) in [6.45, 7) is 11.0. The van der Waals surface area contributed by atoms with Crippen LogP contribution >= 0.6 is 11.6 Å². The van der Waals surface area contributed by atoms with Gasteiger partial charge in [0.1, 0.15) is 5.82 Å². The second kappa shape index (κ2) is 10.6. The third-order valence-electron chi connectivity index (χ3n) is 5.88. The van der Waals surface area contributed by atoms with E-state index >= 15 is 0 Å². The van der Waals surface area contributed by atoms with E-state index in [9.17, 15) is 4.39 Å². The molecule has 8 heteroatoms. The van der Waals surface area contributed by atoms with Crippen molar-refractivity contribution in [2.75, 3.05) is 73.0 Å². The van der Waals surface area contributed by atoms with E-state index in [1.54, 1.807) is 12.1 Å². The zero-order valence-electron chi connectivity index (χ0n) is 17.9. The molecule has 2 aliphatic heterocycles. The Bertz CT molecular complexity index is 671. The first-order chi connectivity index (χ1) is 14.0. The standard InChI is InChI=1S/C21H34ClFN6/c1-4-24-21(25-14-17-15-26(2)8-9-27(17)3)29-12-10-28(11-13-29)16-18-19(22)6-5-7-20(18)23/h5-7,17H,4,8-16H2,1-3H3,(H,24,25). The summed E-state index contributed by atoms with van der Waals surface area (Å²) in [4.78, 5) is 14.3. The molecule has 0 aromatic heterocycles. The fourth-order valence-electron chi connectivity index (χ4n) is 3.94. The zero-order chi connectivity index (χ0) is 20.8. The number of nitrogens with one attached hydrogen (secondary N) is 1. The summed E-state index contributed by atoms with van der Waals surface area (Å²) in [5.41, 5.74) is 0.590. The molecule has 0 bridgehead atoms. The Morgan fingerprint density at radius 2 is 1.93 bits per heavy atom. The molecule has 0 aliphatic carbocycles. The van der Waals surface area contributed by atoms with Crippen LogP contribution in [0, 0.1) is 5.82 Å². The first kappa shape index (κ1) is 22.3. The highest BCUT2D eigenvalue weighted by molar-refractivity contribution is 6.31. The average molecular weight is 425 g/mol. The topological polar surface area (TPSA) is 37.4 Å². The smallest absolute Gasteiger partial charge is 0.194 e. The summed E-state index contributed by atoms with van der Waals surface area (Å²) in [5, 5.41) is 3.95. The molecule has 0 radical (unpaired) electrons. The predicted octanol–water partition coefficient (Wildman–Crippen LogP) is 1.81. The van der Waals surface area contributed by atoms with Crippen molar-refractivity contribution in [2.45, 2.75) is 19.5 Å². The number of aliphatic imine (C=N–C) groups is 1. The summed E-state index contributed by atoms with van der Waals surface area (Å²) in [7, 11) is 4.36. The minimum Gasteiger partial charge on any atom is -0.357 e. The van der Waals surface area contributed by atoms with Crippen molar-refractivity contribution >= 4 is 17.6 Å². The maximum absolute atomic E-state index is 14.1. The Morgan fingerprint density at radius 3 is 2.62 bits per heavy atom. The van der Waals surface area contributed by atoms with Crippen LogP contribution in [0.3, 0.4) is 0 Å². The summed E-state index contributed by atoms with van der Waals surface area (Å²) >= 11 is 6.19.